The van der Waals surface area contributed by atoms with E-state index >= 15 is 0 Å². The second-order valence-corrected chi connectivity index (χ2v) is 8.91. The highest BCUT2D eigenvalue weighted by Gasteiger charge is 2.21. The highest BCUT2D eigenvalue weighted by Crippen LogP contribution is 2.28. The summed E-state index contributed by atoms with van der Waals surface area (Å²) in [5.41, 5.74) is 4.25. The Labute approximate surface area is 183 Å². The fourth-order valence-electron chi connectivity index (χ4n) is 3.83. The van der Waals surface area contributed by atoms with Gasteiger partial charge in [-0.05, 0) is 76.4 Å². The Morgan fingerprint density at radius 1 is 0.968 bits per heavy atom. The van der Waals surface area contributed by atoms with Gasteiger partial charge in [-0.1, -0.05) is 18.2 Å². The number of benzene rings is 2. The first-order valence-corrected chi connectivity index (χ1v) is 10.9. The molecule has 3 aromatic rings. The summed E-state index contributed by atoms with van der Waals surface area (Å²) in [4.78, 5) is 15.0. The first kappa shape index (κ1) is 21.0. The van der Waals surface area contributed by atoms with Crippen molar-refractivity contribution in [2.24, 2.45) is 0 Å². The van der Waals surface area contributed by atoms with E-state index in [0.29, 0.717) is 5.69 Å². The lowest BCUT2D eigenvalue weighted by atomic mass is 10.1. The Kier molecular flexibility index (Phi) is 5.98. The molecule has 0 bridgehead atoms. The van der Waals surface area contributed by atoms with E-state index in [2.05, 4.69) is 39.6 Å². The number of carbonyl (C=O) groups excluding carboxylic acids is 1. The van der Waals surface area contributed by atoms with Crippen molar-refractivity contribution in [2.45, 2.75) is 45.6 Å². The van der Waals surface area contributed by atoms with E-state index in [9.17, 15) is 4.79 Å². The second-order valence-electron chi connectivity index (χ2n) is 8.91. The van der Waals surface area contributed by atoms with Crippen LogP contribution in [0, 0.1) is 0 Å². The fraction of sp³-hybridized carbons (Fsp3) is 0.360. The number of nitrogens with one attached hydrogen (secondary N) is 1. The molecule has 1 N–H and O–H groups in total. The lowest BCUT2D eigenvalue weighted by Gasteiger charge is -2.29. The highest BCUT2D eigenvalue weighted by molar-refractivity contribution is 5.79. The van der Waals surface area contributed by atoms with E-state index in [0.717, 1.165) is 30.0 Å². The molecule has 1 aliphatic rings. The monoisotopic (exact) mass is 418 g/mol. The summed E-state index contributed by atoms with van der Waals surface area (Å²) in [5.74, 6) is 0. The number of hydrogen-bond donors (Lipinski definition) is 1. The van der Waals surface area contributed by atoms with E-state index in [1.54, 1.807) is 6.20 Å². The Morgan fingerprint density at radius 3 is 2.42 bits per heavy atom. The molecule has 1 aromatic heterocycles. The van der Waals surface area contributed by atoms with Crippen LogP contribution in [0.25, 0.3) is 11.3 Å². The topological polar surface area (TPSA) is 59.4 Å². The van der Waals surface area contributed by atoms with E-state index in [4.69, 9.17) is 4.74 Å². The van der Waals surface area contributed by atoms with Gasteiger partial charge in [0.1, 0.15) is 5.60 Å². The average molecular weight is 419 g/mol. The van der Waals surface area contributed by atoms with Crippen molar-refractivity contribution in [1.82, 2.24) is 9.78 Å². The van der Waals surface area contributed by atoms with Gasteiger partial charge < -0.3 is 15.0 Å². The third-order valence-electron chi connectivity index (χ3n) is 5.22. The van der Waals surface area contributed by atoms with Crippen LogP contribution in [0.3, 0.4) is 0 Å². The molecule has 0 aliphatic carbocycles. The van der Waals surface area contributed by atoms with Gasteiger partial charge in [0.2, 0.25) is 0 Å². The minimum Gasteiger partial charge on any atom is -0.442 e. The molecule has 1 saturated heterocycles. The summed E-state index contributed by atoms with van der Waals surface area (Å²) in [5, 5.41) is 7.67. The zero-order chi connectivity index (χ0) is 21.8. The smallest absolute Gasteiger partial charge is 0.435 e. The van der Waals surface area contributed by atoms with Crippen LogP contribution >= 0.6 is 0 Å². The van der Waals surface area contributed by atoms with Gasteiger partial charge in [0, 0.05) is 35.7 Å². The maximum Gasteiger partial charge on any atom is 0.435 e. The van der Waals surface area contributed by atoms with E-state index in [1.807, 2.05) is 51.1 Å². The number of piperidine rings is 1. The standard InChI is InChI=1S/C25H30N4O2/c1-25(2,3)31-24(30)29-23(13-14-26-29)19-9-7-10-20(17-19)27-21-11-8-12-22(18-21)28-15-5-4-6-16-28/h7-14,17-18,27H,4-6,15-16H2,1-3H3. The van der Waals surface area contributed by atoms with Crippen molar-refractivity contribution in [1.29, 1.82) is 0 Å². The fourth-order valence-corrected chi connectivity index (χ4v) is 3.83. The van der Waals surface area contributed by atoms with Gasteiger partial charge in [0.05, 0.1) is 11.9 Å². The zero-order valence-corrected chi connectivity index (χ0v) is 18.5. The minimum atomic E-state index is -0.580. The minimum absolute atomic E-state index is 0.486. The van der Waals surface area contributed by atoms with E-state index < -0.39 is 11.7 Å². The highest BCUT2D eigenvalue weighted by atomic mass is 16.6. The molecule has 0 saturated carbocycles. The Hall–Kier alpha value is -3.28. The van der Waals surface area contributed by atoms with Crippen molar-refractivity contribution < 1.29 is 9.53 Å². The summed E-state index contributed by atoms with van der Waals surface area (Å²) < 4.78 is 6.79. The number of ether oxygens (including phenoxy) is 1. The lowest BCUT2D eigenvalue weighted by Crippen LogP contribution is -2.29. The Bertz CT molecular complexity index is 1050. The first-order chi connectivity index (χ1) is 14.9. The van der Waals surface area contributed by atoms with Gasteiger partial charge in [0.25, 0.3) is 0 Å². The first-order valence-electron chi connectivity index (χ1n) is 10.9. The molecule has 0 unspecified atom stereocenters. The van der Waals surface area contributed by atoms with Crippen LogP contribution in [0.15, 0.2) is 60.8 Å². The van der Waals surface area contributed by atoms with Crippen molar-refractivity contribution in [2.75, 3.05) is 23.3 Å². The van der Waals surface area contributed by atoms with E-state index in [1.165, 1.54) is 29.6 Å². The van der Waals surface area contributed by atoms with Gasteiger partial charge in [-0.3, -0.25) is 0 Å². The quantitative estimate of drug-likeness (QED) is 0.557. The molecule has 31 heavy (non-hydrogen) atoms. The summed E-state index contributed by atoms with van der Waals surface area (Å²) >= 11 is 0. The molecule has 0 radical (unpaired) electrons. The van der Waals surface area contributed by atoms with Crippen molar-refractivity contribution >= 4 is 23.2 Å². The van der Waals surface area contributed by atoms with Crippen LogP contribution in [0.5, 0.6) is 0 Å². The molecular weight excluding hydrogens is 388 g/mol. The molecule has 2 heterocycles. The molecule has 0 amide bonds. The van der Waals surface area contributed by atoms with Crippen molar-refractivity contribution in [3.63, 3.8) is 0 Å². The summed E-state index contributed by atoms with van der Waals surface area (Å²) in [6, 6.07) is 18.3. The number of carbonyl (C=O) groups is 1. The Morgan fingerprint density at radius 2 is 1.68 bits per heavy atom. The summed E-state index contributed by atoms with van der Waals surface area (Å²) in [6.07, 6.45) is 4.96. The maximum atomic E-state index is 12.5. The molecule has 162 valence electrons. The van der Waals surface area contributed by atoms with Crippen molar-refractivity contribution in [3.8, 4) is 11.3 Å². The summed E-state index contributed by atoms with van der Waals surface area (Å²) in [7, 11) is 0. The number of anilines is 3. The Balaban J connectivity index is 1.54. The number of aromatic nitrogens is 2. The van der Waals surface area contributed by atoms with Gasteiger partial charge in [-0.25, -0.2) is 4.79 Å². The SMILES string of the molecule is CC(C)(C)OC(=O)n1nccc1-c1cccc(Nc2cccc(N3CCCCC3)c2)c1. The van der Waals surface area contributed by atoms with E-state index in [-0.39, 0.29) is 0 Å². The number of rotatable bonds is 4. The van der Waals surface area contributed by atoms with Crippen LogP contribution < -0.4 is 10.2 Å². The van der Waals surface area contributed by atoms with Crippen LogP contribution in [0.4, 0.5) is 21.9 Å². The molecule has 0 atom stereocenters. The molecule has 0 spiro atoms. The molecule has 6 nitrogen and oxygen atoms in total. The summed E-state index contributed by atoms with van der Waals surface area (Å²) in [6.45, 7) is 7.77. The normalized spacial score (nSPS) is 14.4. The third-order valence-corrected chi connectivity index (χ3v) is 5.22. The van der Waals surface area contributed by atoms with Crippen LogP contribution in [-0.4, -0.2) is 34.6 Å². The van der Waals surface area contributed by atoms with Gasteiger partial charge in [-0.15, -0.1) is 0 Å². The van der Waals surface area contributed by atoms with Crippen LogP contribution in [-0.2, 0) is 4.74 Å². The third kappa shape index (κ3) is 5.26. The number of hydrogen-bond acceptors (Lipinski definition) is 5. The van der Waals surface area contributed by atoms with Crippen molar-refractivity contribution in [3.05, 3.63) is 60.8 Å². The average Bonchev–Trinajstić information content (AvgIpc) is 3.24. The second kappa shape index (κ2) is 8.84. The lowest BCUT2D eigenvalue weighted by molar-refractivity contribution is 0.0518. The predicted molar refractivity (Wildman–Crippen MR) is 125 cm³/mol. The zero-order valence-electron chi connectivity index (χ0n) is 18.5. The molecular formula is C25H30N4O2. The number of nitrogens with zero attached hydrogens (tertiary/aromatic N) is 3. The predicted octanol–water partition coefficient (Wildman–Crippen LogP) is 6.07. The van der Waals surface area contributed by atoms with Gasteiger partial charge >= 0.3 is 6.09 Å². The van der Waals surface area contributed by atoms with Crippen LogP contribution in [0.2, 0.25) is 0 Å². The van der Waals surface area contributed by atoms with Gasteiger partial charge in [0.15, 0.2) is 0 Å². The maximum absolute atomic E-state index is 12.5. The molecule has 6 heteroatoms. The van der Waals surface area contributed by atoms with Crippen LogP contribution in [0.1, 0.15) is 40.0 Å². The van der Waals surface area contributed by atoms with Gasteiger partial charge in [-0.2, -0.15) is 9.78 Å². The molecule has 2 aromatic carbocycles. The molecule has 1 fully saturated rings. The molecule has 4 rings (SSSR count). The molecule has 1 aliphatic heterocycles. The largest absolute Gasteiger partial charge is 0.442 e.